The molecule has 20 heavy (non-hydrogen) atoms. The van der Waals surface area contributed by atoms with Crippen LogP contribution in [0.4, 0.5) is 0 Å². The predicted octanol–water partition coefficient (Wildman–Crippen LogP) is 3.01. The molecule has 1 aliphatic rings. The number of hydrogen-bond acceptors (Lipinski definition) is 3. The number of carbonyl (C=O) groups excluding carboxylic acids is 1. The maximum Gasteiger partial charge on any atom is 0.223 e. The summed E-state index contributed by atoms with van der Waals surface area (Å²) in [6, 6.07) is 0. The van der Waals surface area contributed by atoms with Gasteiger partial charge in [0.2, 0.25) is 5.91 Å². The number of rotatable bonds is 8. The molecule has 4 heteroatoms. The SMILES string of the molecule is CC.CCOCCOCCNC(=O)C1CCC(C)CC1. The Bertz CT molecular complexity index is 226. The lowest BCUT2D eigenvalue weighted by molar-refractivity contribution is -0.126. The normalized spacial score (nSPS) is 21.8. The van der Waals surface area contributed by atoms with Gasteiger partial charge in [0.1, 0.15) is 0 Å². The van der Waals surface area contributed by atoms with Crippen LogP contribution in [0.3, 0.4) is 0 Å². The Morgan fingerprint density at radius 1 is 1.05 bits per heavy atom. The highest BCUT2D eigenvalue weighted by Crippen LogP contribution is 2.28. The van der Waals surface area contributed by atoms with E-state index < -0.39 is 0 Å². The fraction of sp³-hybridized carbons (Fsp3) is 0.938. The molecule has 0 spiro atoms. The van der Waals surface area contributed by atoms with Gasteiger partial charge in [-0.25, -0.2) is 0 Å². The Labute approximate surface area is 124 Å². The molecule has 1 rings (SSSR count). The summed E-state index contributed by atoms with van der Waals surface area (Å²) in [7, 11) is 0. The van der Waals surface area contributed by atoms with Crippen molar-refractivity contribution < 1.29 is 14.3 Å². The summed E-state index contributed by atoms with van der Waals surface area (Å²) in [6.07, 6.45) is 4.45. The summed E-state index contributed by atoms with van der Waals surface area (Å²) < 4.78 is 10.5. The van der Waals surface area contributed by atoms with Crippen LogP contribution in [-0.2, 0) is 14.3 Å². The van der Waals surface area contributed by atoms with E-state index in [4.69, 9.17) is 9.47 Å². The molecule has 1 N–H and O–H groups in total. The average molecular weight is 287 g/mol. The monoisotopic (exact) mass is 287 g/mol. The first-order chi connectivity index (χ1) is 9.74. The lowest BCUT2D eigenvalue weighted by Gasteiger charge is -2.25. The van der Waals surface area contributed by atoms with Gasteiger partial charge in [-0.2, -0.15) is 0 Å². The third-order valence-electron chi connectivity index (χ3n) is 3.51. The van der Waals surface area contributed by atoms with E-state index in [1.165, 1.54) is 12.8 Å². The van der Waals surface area contributed by atoms with E-state index in [0.717, 1.165) is 25.4 Å². The molecule has 1 amide bonds. The van der Waals surface area contributed by atoms with Gasteiger partial charge in [-0.05, 0) is 38.5 Å². The maximum atomic E-state index is 11.8. The number of ether oxygens (including phenoxy) is 2. The molecule has 0 unspecified atom stereocenters. The predicted molar refractivity (Wildman–Crippen MR) is 82.8 cm³/mol. The van der Waals surface area contributed by atoms with Gasteiger partial charge in [-0.3, -0.25) is 4.79 Å². The minimum absolute atomic E-state index is 0.204. The first-order valence-corrected chi connectivity index (χ1v) is 8.17. The zero-order valence-corrected chi connectivity index (χ0v) is 13.7. The molecule has 0 heterocycles. The average Bonchev–Trinajstić information content (AvgIpc) is 2.49. The van der Waals surface area contributed by atoms with E-state index in [9.17, 15) is 4.79 Å². The van der Waals surface area contributed by atoms with E-state index in [-0.39, 0.29) is 11.8 Å². The Balaban J connectivity index is 0.00000172. The molecule has 1 fully saturated rings. The molecule has 0 atom stereocenters. The van der Waals surface area contributed by atoms with Crippen LogP contribution < -0.4 is 5.32 Å². The third kappa shape index (κ3) is 9.32. The molecule has 0 aliphatic heterocycles. The molecular weight excluding hydrogens is 254 g/mol. The van der Waals surface area contributed by atoms with Gasteiger partial charge < -0.3 is 14.8 Å². The van der Waals surface area contributed by atoms with Crippen LogP contribution in [0.15, 0.2) is 0 Å². The fourth-order valence-corrected chi connectivity index (χ4v) is 2.28. The van der Waals surface area contributed by atoms with Gasteiger partial charge in [-0.15, -0.1) is 0 Å². The smallest absolute Gasteiger partial charge is 0.223 e. The minimum Gasteiger partial charge on any atom is -0.379 e. The summed E-state index contributed by atoms with van der Waals surface area (Å²) >= 11 is 0. The van der Waals surface area contributed by atoms with Crippen molar-refractivity contribution >= 4 is 5.91 Å². The van der Waals surface area contributed by atoms with Crippen LogP contribution >= 0.6 is 0 Å². The molecule has 0 saturated heterocycles. The van der Waals surface area contributed by atoms with Gasteiger partial charge in [0.25, 0.3) is 0 Å². The van der Waals surface area contributed by atoms with Crippen molar-refractivity contribution in [3.8, 4) is 0 Å². The highest BCUT2D eigenvalue weighted by atomic mass is 16.5. The first kappa shape index (κ1) is 19.4. The van der Waals surface area contributed by atoms with Crippen molar-refractivity contribution in [2.75, 3.05) is 33.0 Å². The van der Waals surface area contributed by atoms with Crippen LogP contribution in [0.25, 0.3) is 0 Å². The topological polar surface area (TPSA) is 47.6 Å². The van der Waals surface area contributed by atoms with E-state index in [0.29, 0.717) is 26.4 Å². The minimum atomic E-state index is 0.204. The molecule has 0 radical (unpaired) electrons. The quantitative estimate of drug-likeness (QED) is 0.698. The van der Waals surface area contributed by atoms with Gasteiger partial charge in [0.15, 0.2) is 0 Å². The van der Waals surface area contributed by atoms with Crippen molar-refractivity contribution in [1.82, 2.24) is 5.32 Å². The van der Waals surface area contributed by atoms with Crippen molar-refractivity contribution in [2.24, 2.45) is 11.8 Å². The van der Waals surface area contributed by atoms with Crippen molar-refractivity contribution in [3.63, 3.8) is 0 Å². The number of hydrogen-bond donors (Lipinski definition) is 1. The molecule has 0 aromatic heterocycles. The Kier molecular flexibility index (Phi) is 13.0. The van der Waals surface area contributed by atoms with E-state index in [1.54, 1.807) is 0 Å². The summed E-state index contributed by atoms with van der Waals surface area (Å²) in [5.41, 5.74) is 0. The van der Waals surface area contributed by atoms with Crippen LogP contribution in [0.2, 0.25) is 0 Å². The van der Waals surface area contributed by atoms with Gasteiger partial charge in [0, 0.05) is 19.1 Å². The molecule has 4 nitrogen and oxygen atoms in total. The third-order valence-corrected chi connectivity index (χ3v) is 3.51. The molecular formula is C16H33NO3. The van der Waals surface area contributed by atoms with Crippen LogP contribution in [0, 0.1) is 11.8 Å². The molecule has 120 valence electrons. The number of amides is 1. The second kappa shape index (κ2) is 13.4. The molecule has 1 saturated carbocycles. The fourth-order valence-electron chi connectivity index (χ4n) is 2.28. The zero-order chi connectivity index (χ0) is 15.2. The molecule has 1 aliphatic carbocycles. The van der Waals surface area contributed by atoms with Crippen molar-refractivity contribution in [3.05, 3.63) is 0 Å². The highest BCUT2D eigenvalue weighted by molar-refractivity contribution is 5.78. The second-order valence-corrected chi connectivity index (χ2v) is 5.06. The van der Waals surface area contributed by atoms with Gasteiger partial charge in [-0.1, -0.05) is 20.8 Å². The molecule has 0 aromatic carbocycles. The molecule has 0 bridgehead atoms. The highest BCUT2D eigenvalue weighted by Gasteiger charge is 2.23. The summed E-state index contributed by atoms with van der Waals surface area (Å²) in [4.78, 5) is 11.8. The Morgan fingerprint density at radius 3 is 2.25 bits per heavy atom. The Morgan fingerprint density at radius 2 is 1.65 bits per heavy atom. The van der Waals surface area contributed by atoms with E-state index in [1.807, 2.05) is 20.8 Å². The molecule has 0 aromatic rings. The van der Waals surface area contributed by atoms with Crippen molar-refractivity contribution in [2.45, 2.75) is 53.4 Å². The Hall–Kier alpha value is -0.610. The second-order valence-electron chi connectivity index (χ2n) is 5.06. The standard InChI is InChI=1S/C14H27NO3.C2H6/c1-3-17-10-11-18-9-8-15-14(16)13-6-4-12(2)5-7-13;1-2/h12-13H,3-11H2,1-2H3,(H,15,16);1-2H3. The van der Waals surface area contributed by atoms with E-state index >= 15 is 0 Å². The van der Waals surface area contributed by atoms with Crippen LogP contribution in [-0.4, -0.2) is 38.9 Å². The summed E-state index contributed by atoms with van der Waals surface area (Å²) in [5, 5.41) is 2.95. The number of nitrogens with one attached hydrogen (secondary N) is 1. The summed E-state index contributed by atoms with van der Waals surface area (Å²) in [5.74, 6) is 1.22. The van der Waals surface area contributed by atoms with Crippen LogP contribution in [0.1, 0.15) is 53.4 Å². The lowest BCUT2D eigenvalue weighted by atomic mass is 9.82. The van der Waals surface area contributed by atoms with Gasteiger partial charge in [0.05, 0.1) is 19.8 Å². The zero-order valence-electron chi connectivity index (χ0n) is 13.7. The largest absolute Gasteiger partial charge is 0.379 e. The number of carbonyl (C=O) groups is 1. The van der Waals surface area contributed by atoms with Crippen LogP contribution in [0.5, 0.6) is 0 Å². The first-order valence-electron chi connectivity index (χ1n) is 8.17. The maximum absolute atomic E-state index is 11.8. The van der Waals surface area contributed by atoms with Gasteiger partial charge >= 0.3 is 0 Å². The van der Waals surface area contributed by atoms with Crippen molar-refractivity contribution in [1.29, 1.82) is 0 Å². The summed E-state index contributed by atoms with van der Waals surface area (Å²) in [6.45, 7) is 11.4. The lowest BCUT2D eigenvalue weighted by Crippen LogP contribution is -2.35. The van der Waals surface area contributed by atoms with E-state index in [2.05, 4.69) is 12.2 Å².